The van der Waals surface area contributed by atoms with Crippen molar-refractivity contribution in [2.45, 2.75) is 6.10 Å². The summed E-state index contributed by atoms with van der Waals surface area (Å²) in [7, 11) is 0. The molecule has 0 N–H and O–H groups in total. The molecule has 1 aliphatic rings. The third kappa shape index (κ3) is 3.59. The van der Waals surface area contributed by atoms with Crippen molar-refractivity contribution in [3.63, 3.8) is 0 Å². The summed E-state index contributed by atoms with van der Waals surface area (Å²) in [5.41, 5.74) is 0.574. The van der Waals surface area contributed by atoms with Gasteiger partial charge in [-0.05, 0) is 24.3 Å². The Bertz CT molecular complexity index is 607. The number of ether oxygens (including phenoxy) is 2. The SMILES string of the molecule is O=C(c1cccnc1)N1CCOC[C@H](Oc2cccnc2)C1. The Kier molecular flexibility index (Phi) is 4.60. The van der Waals surface area contributed by atoms with Gasteiger partial charge in [0.15, 0.2) is 0 Å². The van der Waals surface area contributed by atoms with E-state index in [1.807, 2.05) is 12.1 Å². The topological polar surface area (TPSA) is 64.6 Å². The smallest absolute Gasteiger partial charge is 0.255 e. The molecule has 0 spiro atoms. The van der Waals surface area contributed by atoms with Gasteiger partial charge < -0.3 is 14.4 Å². The minimum atomic E-state index is -0.215. The van der Waals surface area contributed by atoms with E-state index in [9.17, 15) is 4.79 Å². The molecule has 0 unspecified atom stereocenters. The number of hydrogen-bond donors (Lipinski definition) is 0. The number of rotatable bonds is 3. The molecule has 2 aromatic heterocycles. The van der Waals surface area contributed by atoms with Gasteiger partial charge >= 0.3 is 0 Å². The van der Waals surface area contributed by atoms with Gasteiger partial charge in [-0.3, -0.25) is 14.8 Å². The lowest BCUT2D eigenvalue weighted by atomic mass is 10.2. The molecule has 0 aromatic carbocycles. The van der Waals surface area contributed by atoms with E-state index in [2.05, 4.69) is 9.97 Å². The summed E-state index contributed by atoms with van der Waals surface area (Å²) in [6, 6.07) is 7.17. The zero-order chi connectivity index (χ0) is 15.2. The number of hydrogen-bond acceptors (Lipinski definition) is 5. The molecule has 3 rings (SSSR count). The van der Waals surface area contributed by atoms with Crippen LogP contribution in [0.4, 0.5) is 0 Å². The van der Waals surface area contributed by atoms with Gasteiger partial charge in [0.2, 0.25) is 0 Å². The van der Waals surface area contributed by atoms with Gasteiger partial charge in [-0.25, -0.2) is 0 Å². The highest BCUT2D eigenvalue weighted by molar-refractivity contribution is 5.93. The van der Waals surface area contributed by atoms with Crippen molar-refractivity contribution in [2.75, 3.05) is 26.3 Å². The summed E-state index contributed by atoms with van der Waals surface area (Å²) in [6.45, 7) is 1.97. The van der Waals surface area contributed by atoms with Crippen molar-refractivity contribution in [1.82, 2.24) is 14.9 Å². The predicted molar refractivity (Wildman–Crippen MR) is 79.6 cm³/mol. The van der Waals surface area contributed by atoms with Crippen LogP contribution in [0.1, 0.15) is 10.4 Å². The number of carbonyl (C=O) groups is 1. The molecule has 1 fully saturated rings. The lowest BCUT2D eigenvalue weighted by molar-refractivity contribution is 0.0650. The molecule has 0 radical (unpaired) electrons. The van der Waals surface area contributed by atoms with Gasteiger partial charge in [0.1, 0.15) is 11.9 Å². The second kappa shape index (κ2) is 7.00. The summed E-state index contributed by atoms with van der Waals surface area (Å²) < 4.78 is 11.4. The molecule has 1 atom stereocenters. The second-order valence-corrected chi connectivity index (χ2v) is 5.00. The third-order valence-corrected chi connectivity index (χ3v) is 3.37. The monoisotopic (exact) mass is 299 g/mol. The standard InChI is InChI=1S/C16H17N3O3/c20-16(13-3-1-5-17-9-13)19-7-8-21-12-15(11-19)22-14-4-2-6-18-10-14/h1-6,9-10,15H,7-8,11-12H2/t15-/m1/s1. The molecule has 1 aliphatic heterocycles. The Morgan fingerprint density at radius 1 is 1.23 bits per heavy atom. The first kappa shape index (κ1) is 14.5. The van der Waals surface area contributed by atoms with Gasteiger partial charge in [-0.2, -0.15) is 0 Å². The quantitative estimate of drug-likeness (QED) is 0.857. The molecule has 114 valence electrons. The van der Waals surface area contributed by atoms with Crippen molar-refractivity contribution in [3.05, 3.63) is 54.6 Å². The molecule has 22 heavy (non-hydrogen) atoms. The average Bonchev–Trinajstić information content (AvgIpc) is 2.81. The fraction of sp³-hybridized carbons (Fsp3) is 0.312. The van der Waals surface area contributed by atoms with Crippen molar-refractivity contribution < 1.29 is 14.3 Å². The van der Waals surface area contributed by atoms with E-state index in [1.165, 1.54) is 0 Å². The predicted octanol–water partition coefficient (Wildman–Crippen LogP) is 1.40. The number of pyridine rings is 2. The number of amides is 1. The molecule has 1 saturated heterocycles. The van der Waals surface area contributed by atoms with E-state index < -0.39 is 0 Å². The Labute approximate surface area is 128 Å². The van der Waals surface area contributed by atoms with E-state index in [0.717, 1.165) is 0 Å². The maximum atomic E-state index is 12.5. The van der Waals surface area contributed by atoms with Gasteiger partial charge in [-0.15, -0.1) is 0 Å². The highest BCUT2D eigenvalue weighted by atomic mass is 16.5. The van der Waals surface area contributed by atoms with Crippen molar-refractivity contribution in [2.24, 2.45) is 0 Å². The minimum absolute atomic E-state index is 0.0570. The molecular weight excluding hydrogens is 282 g/mol. The van der Waals surface area contributed by atoms with Crippen LogP contribution in [0.5, 0.6) is 5.75 Å². The summed E-state index contributed by atoms with van der Waals surface area (Å²) >= 11 is 0. The van der Waals surface area contributed by atoms with Crippen LogP contribution >= 0.6 is 0 Å². The maximum Gasteiger partial charge on any atom is 0.255 e. The average molecular weight is 299 g/mol. The highest BCUT2D eigenvalue weighted by Crippen LogP contribution is 2.13. The molecular formula is C16H17N3O3. The first-order valence-electron chi connectivity index (χ1n) is 7.16. The molecule has 0 bridgehead atoms. The maximum absolute atomic E-state index is 12.5. The van der Waals surface area contributed by atoms with Crippen molar-refractivity contribution in [1.29, 1.82) is 0 Å². The van der Waals surface area contributed by atoms with Crippen LogP contribution in [-0.4, -0.2) is 53.2 Å². The molecule has 2 aromatic rings. The van der Waals surface area contributed by atoms with Crippen LogP contribution in [0.2, 0.25) is 0 Å². The Morgan fingerprint density at radius 2 is 2.05 bits per heavy atom. The van der Waals surface area contributed by atoms with Gasteiger partial charge in [-0.1, -0.05) is 0 Å². The van der Waals surface area contributed by atoms with Crippen LogP contribution in [0, 0.1) is 0 Å². The van der Waals surface area contributed by atoms with Crippen molar-refractivity contribution in [3.8, 4) is 5.75 Å². The molecule has 0 saturated carbocycles. The highest BCUT2D eigenvalue weighted by Gasteiger charge is 2.24. The molecule has 6 heteroatoms. The van der Waals surface area contributed by atoms with Gasteiger partial charge in [0.05, 0.1) is 31.5 Å². The molecule has 3 heterocycles. The van der Waals surface area contributed by atoms with Crippen LogP contribution < -0.4 is 4.74 Å². The zero-order valence-electron chi connectivity index (χ0n) is 12.1. The number of carbonyl (C=O) groups excluding carboxylic acids is 1. The number of aromatic nitrogens is 2. The summed E-state index contributed by atoms with van der Waals surface area (Å²) in [4.78, 5) is 22.3. The van der Waals surface area contributed by atoms with Crippen LogP contribution in [-0.2, 0) is 4.74 Å². The van der Waals surface area contributed by atoms with Gasteiger partial charge in [0.25, 0.3) is 5.91 Å². The van der Waals surface area contributed by atoms with Gasteiger partial charge in [0, 0.05) is 25.1 Å². The van der Waals surface area contributed by atoms with Crippen LogP contribution in [0.15, 0.2) is 49.1 Å². The van der Waals surface area contributed by atoms with Crippen LogP contribution in [0.25, 0.3) is 0 Å². The first-order chi connectivity index (χ1) is 10.8. The van der Waals surface area contributed by atoms with E-state index >= 15 is 0 Å². The van der Waals surface area contributed by atoms with E-state index in [-0.39, 0.29) is 12.0 Å². The van der Waals surface area contributed by atoms with Crippen molar-refractivity contribution >= 4 is 5.91 Å². The Hall–Kier alpha value is -2.47. The zero-order valence-corrected chi connectivity index (χ0v) is 12.1. The summed E-state index contributed by atoms with van der Waals surface area (Å²) in [5, 5.41) is 0. The largest absolute Gasteiger partial charge is 0.485 e. The fourth-order valence-electron chi connectivity index (χ4n) is 2.32. The van der Waals surface area contributed by atoms with E-state index in [1.54, 1.807) is 41.8 Å². The first-order valence-corrected chi connectivity index (χ1v) is 7.16. The molecule has 0 aliphatic carbocycles. The summed E-state index contributed by atoms with van der Waals surface area (Å²) in [6.07, 6.45) is 6.35. The minimum Gasteiger partial charge on any atom is -0.485 e. The normalized spacial score (nSPS) is 18.5. The molecule has 1 amide bonds. The Balaban J connectivity index is 1.69. The van der Waals surface area contributed by atoms with E-state index in [4.69, 9.17) is 9.47 Å². The molecule has 6 nitrogen and oxygen atoms in total. The lowest BCUT2D eigenvalue weighted by Crippen LogP contribution is -2.40. The van der Waals surface area contributed by atoms with Crippen LogP contribution in [0.3, 0.4) is 0 Å². The fourth-order valence-corrected chi connectivity index (χ4v) is 2.32. The van der Waals surface area contributed by atoms with E-state index in [0.29, 0.717) is 37.6 Å². The second-order valence-electron chi connectivity index (χ2n) is 5.00. The Morgan fingerprint density at radius 3 is 2.77 bits per heavy atom. The summed E-state index contributed by atoms with van der Waals surface area (Å²) in [5.74, 6) is 0.616. The lowest BCUT2D eigenvalue weighted by Gasteiger charge is -2.24. The third-order valence-electron chi connectivity index (χ3n) is 3.37. The number of nitrogens with zero attached hydrogens (tertiary/aromatic N) is 3.